The lowest BCUT2D eigenvalue weighted by Gasteiger charge is -2.24. The number of amidine groups is 2. The lowest BCUT2D eigenvalue weighted by molar-refractivity contribution is 0.658. The predicted octanol–water partition coefficient (Wildman–Crippen LogP) is 12.0. The van der Waals surface area contributed by atoms with Crippen LogP contribution in [0, 0.1) is 0 Å². The number of para-hydroxylation sites is 3. The molecule has 0 saturated carbocycles. The zero-order chi connectivity index (χ0) is 34.2. The Morgan fingerprint density at radius 3 is 1.96 bits per heavy atom. The quantitative estimate of drug-likeness (QED) is 0.190. The van der Waals surface area contributed by atoms with Crippen LogP contribution in [0.3, 0.4) is 0 Å². The van der Waals surface area contributed by atoms with Crippen molar-refractivity contribution in [1.82, 2.24) is 5.32 Å². The first-order chi connectivity index (χ1) is 25.8. The van der Waals surface area contributed by atoms with E-state index in [-0.39, 0.29) is 0 Å². The van der Waals surface area contributed by atoms with Gasteiger partial charge in [0.15, 0.2) is 5.84 Å². The molecular weight excluding hydrogens is 639 g/mol. The van der Waals surface area contributed by atoms with E-state index in [1.807, 2.05) is 48.5 Å². The van der Waals surface area contributed by atoms with E-state index in [1.54, 1.807) is 0 Å². The SMILES string of the molecule is c1ccc(C2=NC(c3ccc(-c4cc5ccccc5c5ccccc45)c4oc5ccccc5c34)NC(c3cccc4c3oc3ccccc34)=N2)cc1. The van der Waals surface area contributed by atoms with Crippen molar-refractivity contribution in [3.8, 4) is 11.1 Å². The average molecular weight is 668 g/mol. The molecule has 2 aromatic heterocycles. The molecule has 0 bridgehead atoms. The van der Waals surface area contributed by atoms with Crippen LogP contribution in [0.4, 0.5) is 0 Å². The molecule has 11 rings (SSSR count). The Morgan fingerprint density at radius 2 is 1.12 bits per heavy atom. The summed E-state index contributed by atoms with van der Waals surface area (Å²) in [7, 11) is 0. The summed E-state index contributed by atoms with van der Waals surface area (Å²) < 4.78 is 13.3. The van der Waals surface area contributed by atoms with Crippen LogP contribution in [-0.2, 0) is 0 Å². The largest absolute Gasteiger partial charge is 0.455 e. The smallest absolute Gasteiger partial charge is 0.159 e. The van der Waals surface area contributed by atoms with Gasteiger partial charge in [0.25, 0.3) is 0 Å². The van der Waals surface area contributed by atoms with Crippen molar-refractivity contribution in [2.45, 2.75) is 6.17 Å². The fraction of sp³-hybridized carbons (Fsp3) is 0.0213. The van der Waals surface area contributed by atoms with Crippen LogP contribution in [0.25, 0.3) is 76.5 Å². The third kappa shape index (κ3) is 4.36. The first-order valence-corrected chi connectivity index (χ1v) is 17.5. The fourth-order valence-corrected chi connectivity index (χ4v) is 7.97. The molecule has 244 valence electrons. The van der Waals surface area contributed by atoms with Crippen molar-refractivity contribution in [2.75, 3.05) is 0 Å². The number of fused-ring (bicyclic) bond motifs is 9. The highest BCUT2D eigenvalue weighted by atomic mass is 16.3. The van der Waals surface area contributed by atoms with Crippen LogP contribution < -0.4 is 5.32 Å². The van der Waals surface area contributed by atoms with Crippen molar-refractivity contribution in [3.05, 3.63) is 180 Å². The van der Waals surface area contributed by atoms with E-state index in [1.165, 1.54) is 21.5 Å². The second kappa shape index (κ2) is 11.3. The van der Waals surface area contributed by atoms with Gasteiger partial charge in [0.2, 0.25) is 0 Å². The van der Waals surface area contributed by atoms with Crippen molar-refractivity contribution < 1.29 is 8.83 Å². The summed E-state index contributed by atoms with van der Waals surface area (Å²) in [6.45, 7) is 0. The molecule has 5 nitrogen and oxygen atoms in total. The van der Waals surface area contributed by atoms with E-state index in [0.29, 0.717) is 11.7 Å². The molecule has 1 aliphatic heterocycles. The lowest BCUT2D eigenvalue weighted by Crippen LogP contribution is -2.33. The molecule has 1 unspecified atom stereocenters. The Bertz CT molecular complexity index is 3110. The van der Waals surface area contributed by atoms with Gasteiger partial charge in [-0.3, -0.25) is 0 Å². The van der Waals surface area contributed by atoms with Gasteiger partial charge in [-0.25, -0.2) is 9.98 Å². The highest BCUT2D eigenvalue weighted by Gasteiger charge is 2.28. The van der Waals surface area contributed by atoms with E-state index in [2.05, 4.69) is 121 Å². The molecule has 1 aliphatic rings. The lowest BCUT2D eigenvalue weighted by atomic mass is 9.91. The van der Waals surface area contributed by atoms with Crippen molar-refractivity contribution in [2.24, 2.45) is 9.98 Å². The van der Waals surface area contributed by atoms with Crippen LogP contribution in [0.2, 0.25) is 0 Å². The van der Waals surface area contributed by atoms with E-state index in [9.17, 15) is 0 Å². The van der Waals surface area contributed by atoms with Gasteiger partial charge < -0.3 is 14.2 Å². The molecule has 0 radical (unpaired) electrons. The second-order valence-corrected chi connectivity index (χ2v) is 13.3. The highest BCUT2D eigenvalue weighted by molar-refractivity contribution is 6.21. The monoisotopic (exact) mass is 667 g/mol. The predicted molar refractivity (Wildman–Crippen MR) is 213 cm³/mol. The number of aliphatic imine (C=N–C) groups is 2. The van der Waals surface area contributed by atoms with Crippen molar-refractivity contribution in [3.63, 3.8) is 0 Å². The Kier molecular flexibility index (Phi) is 6.25. The minimum Gasteiger partial charge on any atom is -0.455 e. The molecule has 1 atom stereocenters. The number of hydrogen-bond donors (Lipinski definition) is 1. The molecular formula is C47H29N3O2. The number of benzene rings is 8. The molecule has 52 heavy (non-hydrogen) atoms. The van der Waals surface area contributed by atoms with E-state index in [0.717, 1.165) is 71.7 Å². The molecule has 0 saturated heterocycles. The van der Waals surface area contributed by atoms with E-state index >= 15 is 0 Å². The molecule has 0 amide bonds. The van der Waals surface area contributed by atoms with Gasteiger partial charge >= 0.3 is 0 Å². The minimum absolute atomic E-state index is 0.465. The maximum Gasteiger partial charge on any atom is 0.159 e. The van der Waals surface area contributed by atoms with Gasteiger partial charge in [0, 0.05) is 38.2 Å². The summed E-state index contributed by atoms with van der Waals surface area (Å²) in [4.78, 5) is 10.4. The molecule has 8 aromatic carbocycles. The molecule has 1 N–H and O–H groups in total. The summed E-state index contributed by atoms with van der Waals surface area (Å²) in [6, 6.07) is 56.8. The van der Waals surface area contributed by atoms with Gasteiger partial charge in [-0.1, -0.05) is 140 Å². The van der Waals surface area contributed by atoms with Gasteiger partial charge in [-0.15, -0.1) is 0 Å². The van der Waals surface area contributed by atoms with Crippen molar-refractivity contribution in [1.29, 1.82) is 0 Å². The summed E-state index contributed by atoms with van der Waals surface area (Å²) in [6.07, 6.45) is -0.465. The second-order valence-electron chi connectivity index (χ2n) is 13.3. The highest BCUT2D eigenvalue weighted by Crippen LogP contribution is 2.44. The Morgan fingerprint density at radius 1 is 0.462 bits per heavy atom. The Labute approximate surface area is 298 Å². The first-order valence-electron chi connectivity index (χ1n) is 17.5. The van der Waals surface area contributed by atoms with Gasteiger partial charge in [0.1, 0.15) is 34.3 Å². The molecule has 5 heteroatoms. The fourth-order valence-electron chi connectivity index (χ4n) is 7.97. The van der Waals surface area contributed by atoms with Gasteiger partial charge in [0.05, 0.1) is 5.56 Å². The van der Waals surface area contributed by atoms with Gasteiger partial charge in [-0.05, 0) is 51.4 Å². The van der Waals surface area contributed by atoms with Crippen LogP contribution in [0.5, 0.6) is 0 Å². The number of hydrogen-bond acceptors (Lipinski definition) is 5. The van der Waals surface area contributed by atoms with Crippen LogP contribution in [0.1, 0.15) is 22.9 Å². The summed E-state index contributed by atoms with van der Waals surface area (Å²) in [5.41, 5.74) is 8.31. The third-order valence-electron chi connectivity index (χ3n) is 10.3. The topological polar surface area (TPSA) is 63.0 Å². The van der Waals surface area contributed by atoms with Gasteiger partial charge in [-0.2, -0.15) is 0 Å². The normalized spacial score (nSPS) is 14.7. The van der Waals surface area contributed by atoms with Crippen molar-refractivity contribution >= 4 is 77.1 Å². The number of furan rings is 2. The molecule has 0 fully saturated rings. The summed E-state index contributed by atoms with van der Waals surface area (Å²) in [5.74, 6) is 1.35. The van der Waals surface area contributed by atoms with Crippen LogP contribution in [-0.4, -0.2) is 11.7 Å². The van der Waals surface area contributed by atoms with E-state index < -0.39 is 6.17 Å². The van der Waals surface area contributed by atoms with Crippen LogP contribution in [0.15, 0.2) is 183 Å². The third-order valence-corrected chi connectivity index (χ3v) is 10.3. The van der Waals surface area contributed by atoms with Crippen LogP contribution >= 0.6 is 0 Å². The maximum atomic E-state index is 6.82. The zero-order valence-electron chi connectivity index (χ0n) is 27.9. The maximum absolute atomic E-state index is 6.82. The molecule has 3 heterocycles. The first kappa shape index (κ1) is 28.8. The summed E-state index contributed by atoms with van der Waals surface area (Å²) >= 11 is 0. The Balaban J connectivity index is 1.15. The van der Waals surface area contributed by atoms with E-state index in [4.69, 9.17) is 18.8 Å². The molecule has 10 aromatic rings. The minimum atomic E-state index is -0.465. The number of nitrogens with zero attached hydrogens (tertiary/aromatic N) is 2. The summed E-state index contributed by atoms with van der Waals surface area (Å²) in [5, 5.41) is 12.8. The standard InChI is InChI=1S/C47H29N3O2/c1-2-13-28(14-3-1)45-48-46(50-47(49-45)38-22-12-21-34-33-19-8-10-23-40(33)51-43(34)38)37-26-25-35(44-42(37)36-20-9-11-24-41(36)52-44)39-27-29-15-4-5-16-30(29)31-17-6-7-18-32(31)39/h1-27,46H,(H,48,49,50). The number of nitrogens with one attached hydrogen (secondary N) is 1. The average Bonchev–Trinajstić information content (AvgIpc) is 3.80. The Hall–Kier alpha value is -6.98. The zero-order valence-corrected chi connectivity index (χ0v) is 27.9. The number of rotatable bonds is 4. The molecule has 0 spiro atoms. The molecule has 0 aliphatic carbocycles.